The van der Waals surface area contributed by atoms with E-state index >= 15 is 0 Å². The standard InChI is InChI=1S/C14H16N2O3/c1-3-16-9-15-7-12(16)8-19-13-6-11(14(17)18)5-4-10(13)2/h4-7,9H,3,8H2,1-2H3,(H,17,18). The van der Waals surface area contributed by atoms with E-state index in [0.717, 1.165) is 17.8 Å². The first-order valence-corrected chi connectivity index (χ1v) is 6.07. The van der Waals surface area contributed by atoms with Gasteiger partial charge in [0.2, 0.25) is 0 Å². The number of hydrogen-bond donors (Lipinski definition) is 1. The summed E-state index contributed by atoms with van der Waals surface area (Å²) in [6.45, 7) is 5.12. The van der Waals surface area contributed by atoms with Gasteiger partial charge in [0.05, 0.1) is 23.8 Å². The number of ether oxygens (including phenoxy) is 1. The fraction of sp³-hybridized carbons (Fsp3) is 0.286. The Balaban J connectivity index is 2.15. The summed E-state index contributed by atoms with van der Waals surface area (Å²) in [4.78, 5) is 15.0. The number of nitrogens with zero attached hydrogens (tertiary/aromatic N) is 2. The summed E-state index contributed by atoms with van der Waals surface area (Å²) < 4.78 is 7.67. The number of carbonyl (C=O) groups is 1. The van der Waals surface area contributed by atoms with Gasteiger partial charge >= 0.3 is 5.97 Å². The summed E-state index contributed by atoms with van der Waals surface area (Å²) in [7, 11) is 0. The first kappa shape index (κ1) is 13.1. The van der Waals surface area contributed by atoms with E-state index < -0.39 is 5.97 Å². The zero-order valence-electron chi connectivity index (χ0n) is 11.0. The van der Waals surface area contributed by atoms with Crippen molar-refractivity contribution in [2.45, 2.75) is 27.0 Å². The maximum atomic E-state index is 10.9. The number of carboxylic acids is 1. The fourth-order valence-corrected chi connectivity index (χ4v) is 1.79. The Bertz CT molecular complexity index is 590. The SMILES string of the molecule is CCn1cncc1COc1cc(C(=O)O)ccc1C. The molecular formula is C14H16N2O3. The minimum Gasteiger partial charge on any atom is -0.487 e. The molecule has 5 nitrogen and oxygen atoms in total. The third-order valence-electron chi connectivity index (χ3n) is 2.95. The van der Waals surface area contributed by atoms with Gasteiger partial charge in [-0.3, -0.25) is 0 Å². The number of aromatic carboxylic acids is 1. The van der Waals surface area contributed by atoms with Gasteiger partial charge < -0.3 is 14.4 Å². The molecule has 19 heavy (non-hydrogen) atoms. The molecule has 1 heterocycles. The number of rotatable bonds is 5. The highest BCUT2D eigenvalue weighted by atomic mass is 16.5. The van der Waals surface area contributed by atoms with Crippen LogP contribution >= 0.6 is 0 Å². The lowest BCUT2D eigenvalue weighted by Gasteiger charge is -2.11. The van der Waals surface area contributed by atoms with Crippen LogP contribution in [0.1, 0.15) is 28.5 Å². The van der Waals surface area contributed by atoms with Crippen LogP contribution in [0.15, 0.2) is 30.7 Å². The van der Waals surface area contributed by atoms with Crippen molar-refractivity contribution < 1.29 is 14.6 Å². The zero-order valence-corrected chi connectivity index (χ0v) is 11.0. The van der Waals surface area contributed by atoms with Crippen LogP contribution in [0.4, 0.5) is 0 Å². The third-order valence-corrected chi connectivity index (χ3v) is 2.95. The first-order valence-electron chi connectivity index (χ1n) is 6.07. The molecule has 2 rings (SSSR count). The molecule has 1 aromatic carbocycles. The molecule has 100 valence electrons. The van der Waals surface area contributed by atoms with Gasteiger partial charge in [0, 0.05) is 6.54 Å². The zero-order chi connectivity index (χ0) is 13.8. The van der Waals surface area contributed by atoms with Crippen molar-refractivity contribution in [1.29, 1.82) is 0 Å². The molecule has 1 N–H and O–H groups in total. The van der Waals surface area contributed by atoms with Crippen LogP contribution in [0.25, 0.3) is 0 Å². The van der Waals surface area contributed by atoms with Crippen LogP contribution < -0.4 is 4.74 Å². The Kier molecular flexibility index (Phi) is 3.85. The van der Waals surface area contributed by atoms with E-state index in [0.29, 0.717) is 12.4 Å². The van der Waals surface area contributed by atoms with Gasteiger partial charge in [-0.15, -0.1) is 0 Å². The predicted molar refractivity (Wildman–Crippen MR) is 70.4 cm³/mol. The van der Waals surface area contributed by atoms with Crippen molar-refractivity contribution in [3.05, 3.63) is 47.5 Å². The van der Waals surface area contributed by atoms with Gasteiger partial charge in [-0.05, 0) is 31.5 Å². The van der Waals surface area contributed by atoms with E-state index in [1.807, 2.05) is 18.4 Å². The largest absolute Gasteiger partial charge is 0.487 e. The molecule has 0 unspecified atom stereocenters. The second kappa shape index (κ2) is 5.56. The van der Waals surface area contributed by atoms with Crippen molar-refractivity contribution in [2.75, 3.05) is 0 Å². The Morgan fingerprint density at radius 2 is 2.26 bits per heavy atom. The number of hydrogen-bond acceptors (Lipinski definition) is 3. The molecule has 0 aliphatic heterocycles. The normalized spacial score (nSPS) is 10.4. The summed E-state index contributed by atoms with van der Waals surface area (Å²) in [6, 6.07) is 4.86. The average molecular weight is 260 g/mol. The Morgan fingerprint density at radius 3 is 2.95 bits per heavy atom. The molecular weight excluding hydrogens is 244 g/mol. The van der Waals surface area contributed by atoms with E-state index in [1.165, 1.54) is 0 Å². The first-order chi connectivity index (χ1) is 9.11. The highest BCUT2D eigenvalue weighted by molar-refractivity contribution is 5.88. The molecule has 0 saturated carbocycles. The summed E-state index contributed by atoms with van der Waals surface area (Å²) in [6.07, 6.45) is 3.50. The van der Waals surface area contributed by atoms with E-state index in [2.05, 4.69) is 4.98 Å². The smallest absolute Gasteiger partial charge is 0.335 e. The van der Waals surface area contributed by atoms with E-state index in [1.54, 1.807) is 30.7 Å². The van der Waals surface area contributed by atoms with E-state index in [4.69, 9.17) is 9.84 Å². The number of aromatic nitrogens is 2. The summed E-state index contributed by atoms with van der Waals surface area (Å²) >= 11 is 0. The molecule has 0 amide bonds. The molecule has 0 aliphatic carbocycles. The molecule has 0 saturated heterocycles. The molecule has 0 bridgehead atoms. The van der Waals surface area contributed by atoms with Crippen LogP contribution in [0.5, 0.6) is 5.75 Å². The van der Waals surface area contributed by atoms with Gasteiger partial charge in [-0.2, -0.15) is 0 Å². The van der Waals surface area contributed by atoms with Gasteiger partial charge in [0.1, 0.15) is 12.4 Å². The van der Waals surface area contributed by atoms with Crippen LogP contribution in [-0.4, -0.2) is 20.6 Å². The maximum Gasteiger partial charge on any atom is 0.335 e. The average Bonchev–Trinajstić information content (AvgIpc) is 2.85. The van der Waals surface area contributed by atoms with Crippen LogP contribution in [-0.2, 0) is 13.2 Å². The predicted octanol–water partition coefficient (Wildman–Crippen LogP) is 2.49. The number of carboxylic acid groups (broad SMARTS) is 1. The van der Waals surface area contributed by atoms with E-state index in [-0.39, 0.29) is 5.56 Å². The minimum atomic E-state index is -0.955. The van der Waals surface area contributed by atoms with Crippen LogP contribution in [0.3, 0.4) is 0 Å². The molecule has 0 fully saturated rings. The molecule has 2 aromatic rings. The highest BCUT2D eigenvalue weighted by Crippen LogP contribution is 2.21. The van der Waals surface area contributed by atoms with Crippen LogP contribution in [0.2, 0.25) is 0 Å². The van der Waals surface area contributed by atoms with Gasteiger partial charge in [-0.1, -0.05) is 6.07 Å². The molecule has 0 radical (unpaired) electrons. The van der Waals surface area contributed by atoms with Crippen LogP contribution in [0, 0.1) is 6.92 Å². The maximum absolute atomic E-state index is 10.9. The lowest BCUT2D eigenvalue weighted by atomic mass is 10.1. The van der Waals surface area contributed by atoms with Crippen molar-refractivity contribution >= 4 is 5.97 Å². The minimum absolute atomic E-state index is 0.226. The van der Waals surface area contributed by atoms with Crippen molar-refractivity contribution in [3.63, 3.8) is 0 Å². The van der Waals surface area contributed by atoms with Gasteiger partial charge in [0.25, 0.3) is 0 Å². The summed E-state index contributed by atoms with van der Waals surface area (Å²) in [5.41, 5.74) is 2.10. The van der Waals surface area contributed by atoms with Gasteiger partial charge in [-0.25, -0.2) is 9.78 Å². The Hall–Kier alpha value is -2.30. The molecule has 0 atom stereocenters. The van der Waals surface area contributed by atoms with Crippen molar-refractivity contribution in [2.24, 2.45) is 0 Å². The number of aryl methyl sites for hydroxylation is 2. The highest BCUT2D eigenvalue weighted by Gasteiger charge is 2.08. The quantitative estimate of drug-likeness (QED) is 0.897. The second-order valence-electron chi connectivity index (χ2n) is 4.25. The fourth-order valence-electron chi connectivity index (χ4n) is 1.79. The molecule has 1 aromatic heterocycles. The van der Waals surface area contributed by atoms with Crippen molar-refractivity contribution in [1.82, 2.24) is 9.55 Å². The third kappa shape index (κ3) is 2.93. The Morgan fingerprint density at radius 1 is 1.47 bits per heavy atom. The Labute approximate surface area is 111 Å². The lowest BCUT2D eigenvalue weighted by molar-refractivity contribution is 0.0696. The summed E-state index contributed by atoms with van der Waals surface area (Å²) in [5, 5.41) is 8.96. The molecule has 5 heteroatoms. The number of benzene rings is 1. The lowest BCUT2D eigenvalue weighted by Crippen LogP contribution is -2.05. The molecule has 0 aliphatic rings. The topological polar surface area (TPSA) is 64.4 Å². The number of imidazole rings is 1. The van der Waals surface area contributed by atoms with Crippen molar-refractivity contribution in [3.8, 4) is 5.75 Å². The molecule has 0 spiro atoms. The van der Waals surface area contributed by atoms with Gasteiger partial charge in [0.15, 0.2) is 0 Å². The monoisotopic (exact) mass is 260 g/mol. The second-order valence-corrected chi connectivity index (χ2v) is 4.25. The van der Waals surface area contributed by atoms with E-state index in [9.17, 15) is 4.79 Å². The summed E-state index contributed by atoms with van der Waals surface area (Å²) in [5.74, 6) is -0.368.